The fourth-order valence-corrected chi connectivity index (χ4v) is 4.76. The van der Waals surface area contributed by atoms with Crippen molar-refractivity contribution in [2.24, 2.45) is 11.8 Å². The number of carbonyl (C=O) groups is 4. The Labute approximate surface area is 251 Å². The van der Waals surface area contributed by atoms with Crippen LogP contribution in [0.3, 0.4) is 0 Å². The molecule has 3 N–H and O–H groups in total. The first-order chi connectivity index (χ1) is 20.3. The van der Waals surface area contributed by atoms with Gasteiger partial charge in [-0.05, 0) is 39.0 Å². The number of halogens is 5. The molecule has 0 saturated carbocycles. The van der Waals surface area contributed by atoms with Gasteiger partial charge in [0, 0.05) is 37.4 Å². The maximum atomic E-state index is 13.8. The second-order valence-electron chi connectivity index (χ2n) is 11.0. The van der Waals surface area contributed by atoms with Gasteiger partial charge in [-0.25, -0.2) is 0 Å². The first-order valence-corrected chi connectivity index (χ1v) is 13.7. The number of rotatable bonds is 4. The van der Waals surface area contributed by atoms with Crippen molar-refractivity contribution >= 4 is 23.4 Å². The van der Waals surface area contributed by atoms with Crippen molar-refractivity contribution in [2.75, 3.05) is 14.2 Å². The van der Waals surface area contributed by atoms with E-state index >= 15 is 0 Å². The number of methoxy groups -OCH3 is 2. The zero-order valence-corrected chi connectivity index (χ0v) is 25.2. The standard InChI is InChI=1S/C30H37F5N2O7/c1-15-10-18(4)25(39)23(44-6)13-16(2)12-20-24(37-28(42)29(31,32)30(33,34)35)22(38)14-21(26(20)40)36-27(41)17(3)8-7-9-19(11-15)43-5/h7-10,14,16,18-19,23,25,39H,11-13H2,1-6H3,(H,36,41)(H,37,42)/b9-7-,15-10+,17-8+/t16-,18+,19+,23+,25-/m1/s1. The highest BCUT2D eigenvalue weighted by molar-refractivity contribution is 6.24. The second kappa shape index (κ2) is 15.0. The summed E-state index contributed by atoms with van der Waals surface area (Å²) >= 11 is 0. The van der Waals surface area contributed by atoms with Gasteiger partial charge in [-0.1, -0.05) is 43.7 Å². The number of ketones is 2. The molecule has 0 radical (unpaired) electrons. The third kappa shape index (κ3) is 9.02. The molecule has 0 saturated heterocycles. The van der Waals surface area contributed by atoms with Crippen LogP contribution in [0.5, 0.6) is 0 Å². The molecule has 9 nitrogen and oxygen atoms in total. The Hall–Kier alpha value is -3.49. The highest BCUT2D eigenvalue weighted by atomic mass is 19.4. The van der Waals surface area contributed by atoms with Crippen LogP contribution in [-0.4, -0.2) is 73.1 Å². The van der Waals surface area contributed by atoms with Crippen molar-refractivity contribution in [3.8, 4) is 0 Å². The third-order valence-electron chi connectivity index (χ3n) is 7.28. The molecular formula is C30H37F5N2O7. The molecule has 244 valence electrons. The summed E-state index contributed by atoms with van der Waals surface area (Å²) in [5.74, 6) is -12.9. The number of ether oxygens (including phenoxy) is 2. The van der Waals surface area contributed by atoms with E-state index in [1.807, 2.05) is 13.0 Å². The highest BCUT2D eigenvalue weighted by Gasteiger charge is 2.63. The number of allylic oxidation sites excluding steroid dienone is 4. The van der Waals surface area contributed by atoms with Gasteiger partial charge in [0.15, 0.2) is 0 Å². The Morgan fingerprint density at radius 1 is 1.05 bits per heavy atom. The number of alkyl halides is 5. The second-order valence-corrected chi connectivity index (χ2v) is 11.0. The Bertz CT molecular complexity index is 1300. The topological polar surface area (TPSA) is 131 Å². The van der Waals surface area contributed by atoms with Crippen LogP contribution in [0.2, 0.25) is 0 Å². The molecule has 0 aromatic carbocycles. The zero-order valence-electron chi connectivity index (χ0n) is 25.2. The molecule has 1 aliphatic carbocycles. The SMILES string of the molecule is CO[C@H]1C[C@H](C)CC2=C(NC(=O)C(F)(F)C(F)(F)F)C(=O)C=C(NC(=O)/C(C)=C/C=C\[C@H](OC)C/C(C)=C/[C@H](C)[C@H]1O)C2=O. The number of Topliss-reactive ketones (excluding diaryl/α,β-unsaturated/α-hetero) is 1. The Morgan fingerprint density at radius 3 is 2.25 bits per heavy atom. The first kappa shape index (κ1) is 36.7. The van der Waals surface area contributed by atoms with E-state index in [9.17, 15) is 46.2 Å². The lowest BCUT2D eigenvalue weighted by Crippen LogP contribution is -2.51. The number of aliphatic hydroxyl groups excluding tert-OH is 1. The van der Waals surface area contributed by atoms with Crippen molar-refractivity contribution < 1.29 is 55.7 Å². The lowest BCUT2D eigenvalue weighted by atomic mass is 9.85. The van der Waals surface area contributed by atoms with E-state index in [1.165, 1.54) is 32.5 Å². The van der Waals surface area contributed by atoms with Crippen molar-refractivity contribution in [1.82, 2.24) is 10.6 Å². The van der Waals surface area contributed by atoms with Gasteiger partial charge in [0.25, 0.3) is 5.91 Å². The smallest absolute Gasteiger partial charge is 0.390 e. The largest absolute Gasteiger partial charge is 0.463 e. The number of nitrogens with one attached hydrogen (secondary N) is 2. The number of aliphatic hydroxyl groups is 1. The quantitative estimate of drug-likeness (QED) is 0.243. The summed E-state index contributed by atoms with van der Waals surface area (Å²) < 4.78 is 77.0. The van der Waals surface area contributed by atoms with Crippen LogP contribution < -0.4 is 10.6 Å². The molecule has 0 aromatic heterocycles. The van der Waals surface area contributed by atoms with Crippen LogP contribution in [0.1, 0.15) is 47.0 Å². The molecule has 2 rings (SSSR count). The van der Waals surface area contributed by atoms with Crippen LogP contribution in [0, 0.1) is 11.8 Å². The molecule has 0 spiro atoms. The average molecular weight is 633 g/mol. The number of hydrogen-bond donors (Lipinski definition) is 3. The van der Waals surface area contributed by atoms with E-state index in [2.05, 4.69) is 5.32 Å². The number of hydrogen-bond acceptors (Lipinski definition) is 7. The fraction of sp³-hybridized carbons (Fsp3) is 0.533. The minimum Gasteiger partial charge on any atom is -0.390 e. The van der Waals surface area contributed by atoms with Crippen molar-refractivity contribution in [2.45, 2.75) is 77.4 Å². The molecule has 44 heavy (non-hydrogen) atoms. The molecule has 1 heterocycles. The van der Waals surface area contributed by atoms with E-state index in [-0.39, 0.29) is 18.1 Å². The van der Waals surface area contributed by atoms with E-state index in [4.69, 9.17) is 9.47 Å². The monoisotopic (exact) mass is 632 g/mol. The van der Waals surface area contributed by atoms with Gasteiger partial charge in [0.2, 0.25) is 11.6 Å². The van der Waals surface area contributed by atoms with Crippen LogP contribution in [0.4, 0.5) is 22.0 Å². The molecule has 0 fully saturated rings. The average Bonchev–Trinajstić information content (AvgIpc) is 2.93. The van der Waals surface area contributed by atoms with Crippen LogP contribution in [-0.2, 0) is 28.7 Å². The van der Waals surface area contributed by atoms with E-state index in [1.54, 1.807) is 26.0 Å². The molecule has 2 aliphatic rings. The van der Waals surface area contributed by atoms with E-state index in [0.717, 1.165) is 5.57 Å². The Balaban J connectivity index is 2.62. The zero-order chi connectivity index (χ0) is 33.6. The van der Waals surface area contributed by atoms with Gasteiger partial charge in [0.1, 0.15) is 0 Å². The maximum Gasteiger partial charge on any atom is 0.463 e. The summed E-state index contributed by atoms with van der Waals surface area (Å²) in [7, 11) is 2.85. The first-order valence-electron chi connectivity index (χ1n) is 13.7. The van der Waals surface area contributed by atoms with Gasteiger partial charge in [-0.3, -0.25) is 19.2 Å². The van der Waals surface area contributed by atoms with E-state index < -0.39 is 82.9 Å². The van der Waals surface area contributed by atoms with Crippen LogP contribution in [0.15, 0.2) is 58.5 Å². The number of carbonyl (C=O) groups excluding carboxylic acids is 4. The summed E-state index contributed by atoms with van der Waals surface area (Å²) in [6.45, 7) is 6.60. The van der Waals surface area contributed by atoms with Gasteiger partial charge >= 0.3 is 18.0 Å². The van der Waals surface area contributed by atoms with Crippen LogP contribution >= 0.6 is 0 Å². The summed E-state index contributed by atoms with van der Waals surface area (Å²) in [5, 5.41) is 14.6. The minimum absolute atomic E-state index is 0.0521. The molecule has 0 unspecified atom stereocenters. The van der Waals surface area contributed by atoms with Gasteiger partial charge < -0.3 is 25.2 Å². The molecule has 5 atom stereocenters. The normalized spacial score (nSPS) is 30.0. The van der Waals surface area contributed by atoms with Crippen LogP contribution in [0.25, 0.3) is 0 Å². The fourth-order valence-electron chi connectivity index (χ4n) is 4.76. The highest BCUT2D eigenvalue weighted by Crippen LogP contribution is 2.36. The van der Waals surface area contributed by atoms with Crippen molar-refractivity contribution in [1.29, 1.82) is 0 Å². The van der Waals surface area contributed by atoms with Crippen molar-refractivity contribution in [3.63, 3.8) is 0 Å². The molecular weight excluding hydrogens is 595 g/mol. The van der Waals surface area contributed by atoms with E-state index in [0.29, 0.717) is 12.5 Å². The summed E-state index contributed by atoms with van der Waals surface area (Å²) in [4.78, 5) is 51.2. The summed E-state index contributed by atoms with van der Waals surface area (Å²) in [6.07, 6.45) is -1.39. The maximum absolute atomic E-state index is 13.8. The lowest BCUT2D eigenvalue weighted by Gasteiger charge is -2.29. The van der Waals surface area contributed by atoms with Gasteiger partial charge in [0.05, 0.1) is 29.7 Å². The summed E-state index contributed by atoms with van der Waals surface area (Å²) in [5.41, 5.74) is -1.24. The molecule has 14 heteroatoms. The Morgan fingerprint density at radius 2 is 1.68 bits per heavy atom. The summed E-state index contributed by atoms with van der Waals surface area (Å²) in [6, 6.07) is 0. The molecule has 2 amide bonds. The number of fused-ring (bicyclic) bond motifs is 2. The predicted octanol–water partition coefficient (Wildman–Crippen LogP) is 4.00. The molecule has 2 bridgehead atoms. The number of amides is 2. The minimum atomic E-state index is -6.27. The van der Waals surface area contributed by atoms with Crippen molar-refractivity contribution in [3.05, 3.63) is 58.5 Å². The Kier molecular flexibility index (Phi) is 12.5. The lowest BCUT2D eigenvalue weighted by molar-refractivity contribution is -0.269. The van der Waals surface area contributed by atoms with Gasteiger partial charge in [-0.2, -0.15) is 22.0 Å². The van der Waals surface area contributed by atoms with Gasteiger partial charge in [-0.15, -0.1) is 0 Å². The third-order valence-corrected chi connectivity index (χ3v) is 7.28. The molecule has 0 aromatic rings. The predicted molar refractivity (Wildman–Crippen MR) is 149 cm³/mol. The molecule has 1 aliphatic heterocycles.